The smallest absolute Gasteiger partial charge is 0.264 e. The molecule has 4 aliphatic rings. The van der Waals surface area contributed by atoms with Crippen LogP contribution in [0.2, 0.25) is 0 Å². The lowest BCUT2D eigenvalue weighted by Crippen LogP contribution is -2.55. The van der Waals surface area contributed by atoms with Gasteiger partial charge in [-0.15, -0.1) is 0 Å². The first kappa shape index (κ1) is 25.9. The van der Waals surface area contributed by atoms with Crippen molar-refractivity contribution in [3.8, 4) is 17.2 Å². The predicted octanol–water partition coefficient (Wildman–Crippen LogP) is 2.10. The number of rotatable bonds is 5. The summed E-state index contributed by atoms with van der Waals surface area (Å²) < 4.78 is 29.9. The maximum Gasteiger partial charge on any atom is 0.264 e. The van der Waals surface area contributed by atoms with Gasteiger partial charge in [0.05, 0.1) is 6.07 Å². The number of likely N-dealkylation sites (tertiary alicyclic amines) is 1. The Kier molecular flexibility index (Phi) is 6.21. The molecule has 0 bridgehead atoms. The van der Waals surface area contributed by atoms with Gasteiger partial charge in [-0.1, -0.05) is 48.5 Å². The van der Waals surface area contributed by atoms with Crippen LogP contribution in [0, 0.1) is 29.1 Å². The van der Waals surface area contributed by atoms with Crippen molar-refractivity contribution in [2.24, 2.45) is 17.8 Å². The van der Waals surface area contributed by atoms with Gasteiger partial charge >= 0.3 is 0 Å². The van der Waals surface area contributed by atoms with Crippen LogP contribution in [0.15, 0.2) is 48.5 Å². The normalized spacial score (nSPS) is 30.2. The molecule has 4 N–H and O–H groups in total. The Hall–Kier alpha value is -3.39. The number of aliphatic hydroxyl groups is 2. The second-order valence-corrected chi connectivity index (χ2v) is 11.1. The number of halogens is 2. The van der Waals surface area contributed by atoms with Crippen LogP contribution in [0.3, 0.4) is 0 Å². The number of nitrogens with zero attached hydrogens (tertiary/aromatic N) is 2. The summed E-state index contributed by atoms with van der Waals surface area (Å²) in [4.78, 5) is 29.1. The van der Waals surface area contributed by atoms with E-state index in [1.807, 2.05) is 6.07 Å². The Labute approximate surface area is 224 Å². The number of nitriles is 1. The molecule has 0 radical (unpaired) electrons. The fourth-order valence-electron chi connectivity index (χ4n) is 7.15. The number of carbonyl (C=O) groups is 2. The number of nitrogens with one attached hydrogen (secondary N) is 2. The van der Waals surface area contributed by atoms with Crippen molar-refractivity contribution >= 4 is 11.8 Å². The van der Waals surface area contributed by atoms with Gasteiger partial charge in [0.2, 0.25) is 5.91 Å². The first-order valence-electron chi connectivity index (χ1n) is 13.4. The van der Waals surface area contributed by atoms with Crippen molar-refractivity contribution in [1.29, 1.82) is 5.26 Å². The van der Waals surface area contributed by atoms with Gasteiger partial charge in [0.25, 0.3) is 11.8 Å². The molecule has 2 heterocycles. The summed E-state index contributed by atoms with van der Waals surface area (Å²) in [5.41, 5.74) is -0.118. The second-order valence-electron chi connectivity index (χ2n) is 11.1. The van der Waals surface area contributed by atoms with Gasteiger partial charge in [0, 0.05) is 35.9 Å². The van der Waals surface area contributed by atoms with E-state index in [4.69, 9.17) is 0 Å². The summed E-state index contributed by atoms with van der Waals surface area (Å²) in [6, 6.07) is 13.7. The molecule has 2 saturated heterocycles. The van der Waals surface area contributed by atoms with E-state index in [2.05, 4.69) is 10.6 Å². The maximum absolute atomic E-state index is 14.9. The zero-order chi connectivity index (χ0) is 27.5. The number of amides is 2. The van der Waals surface area contributed by atoms with E-state index in [0.717, 1.165) is 4.90 Å². The molecule has 0 spiro atoms. The minimum atomic E-state index is -3.05. The van der Waals surface area contributed by atoms with Crippen molar-refractivity contribution in [2.75, 3.05) is 13.1 Å². The molecular formula is C29H30F2N4O4. The Morgan fingerprint density at radius 1 is 1.13 bits per heavy atom. The fourth-order valence-corrected chi connectivity index (χ4v) is 7.15. The third-order valence-corrected chi connectivity index (χ3v) is 9.09. The van der Waals surface area contributed by atoms with E-state index in [1.165, 1.54) is 0 Å². The van der Waals surface area contributed by atoms with E-state index in [1.54, 1.807) is 48.5 Å². The summed E-state index contributed by atoms with van der Waals surface area (Å²) in [5, 5.41) is 37.4. The van der Waals surface area contributed by atoms with Crippen molar-refractivity contribution in [2.45, 2.75) is 55.5 Å². The average Bonchev–Trinajstić information content (AvgIpc) is 3.66. The van der Waals surface area contributed by atoms with E-state index < -0.39 is 53.5 Å². The number of hydrogen-bond donors (Lipinski definition) is 4. The van der Waals surface area contributed by atoms with E-state index in [-0.39, 0.29) is 31.7 Å². The van der Waals surface area contributed by atoms with Crippen LogP contribution in [-0.4, -0.2) is 64.3 Å². The molecule has 2 aromatic rings. The maximum atomic E-state index is 14.9. The van der Waals surface area contributed by atoms with Crippen molar-refractivity contribution in [1.82, 2.24) is 15.5 Å². The summed E-state index contributed by atoms with van der Waals surface area (Å²) >= 11 is 0. The van der Waals surface area contributed by atoms with Gasteiger partial charge in [0.15, 0.2) is 5.60 Å². The second kappa shape index (κ2) is 9.37. The van der Waals surface area contributed by atoms with Gasteiger partial charge in [-0.05, 0) is 42.9 Å². The lowest BCUT2D eigenvalue weighted by molar-refractivity contribution is -0.153. The zero-order valence-electron chi connectivity index (χ0n) is 21.2. The standard InChI is InChI=1S/C29H30F2N4O4/c30-28(31)11-9-20-23(28)15-35(24(20)26(37)34-17(14-32)13-16-10-12-33-25(16)36)27(38)29(39)21-7-3-1-5-18(21)19-6-2-4-8-22(19)29/h1-8,16-17,20,23-25,33,36,39H,9-13,15H2,(H,34,37)/t16-,17-,20-,23-,24-,25?/m0/s1. The molecule has 1 saturated carbocycles. The SMILES string of the molecule is N#C[C@H](C[C@@H]1CCNC1O)NC(=O)[C@@H]1[C@H]2CCC(F)(F)[C@H]2CN1C(=O)C1(O)c2ccccc2-c2ccccc21. The molecule has 3 fully saturated rings. The van der Waals surface area contributed by atoms with Crippen LogP contribution in [0.1, 0.15) is 36.8 Å². The summed E-state index contributed by atoms with van der Waals surface area (Å²) in [6.07, 6.45) is -0.311. The zero-order valence-corrected chi connectivity index (χ0v) is 21.2. The van der Waals surface area contributed by atoms with Gasteiger partial charge in [-0.3, -0.25) is 14.9 Å². The molecular weight excluding hydrogens is 506 g/mol. The molecule has 2 aliphatic heterocycles. The van der Waals surface area contributed by atoms with Crippen molar-refractivity contribution < 1.29 is 28.6 Å². The highest BCUT2D eigenvalue weighted by molar-refractivity contribution is 6.01. The first-order chi connectivity index (χ1) is 18.7. The van der Waals surface area contributed by atoms with Crippen LogP contribution >= 0.6 is 0 Å². The van der Waals surface area contributed by atoms with Crippen LogP contribution < -0.4 is 10.6 Å². The largest absolute Gasteiger partial charge is 0.378 e. The Morgan fingerprint density at radius 2 is 1.77 bits per heavy atom. The highest BCUT2D eigenvalue weighted by atomic mass is 19.3. The third kappa shape index (κ3) is 3.94. The molecule has 2 aliphatic carbocycles. The fraction of sp³-hybridized carbons (Fsp3) is 0.483. The highest BCUT2D eigenvalue weighted by Gasteiger charge is 2.63. The van der Waals surface area contributed by atoms with Crippen LogP contribution in [0.5, 0.6) is 0 Å². The first-order valence-corrected chi connectivity index (χ1v) is 13.4. The van der Waals surface area contributed by atoms with E-state index >= 15 is 0 Å². The quantitative estimate of drug-likeness (QED) is 0.464. The minimum absolute atomic E-state index is 0.0492. The monoisotopic (exact) mass is 536 g/mol. The van der Waals surface area contributed by atoms with Crippen LogP contribution in [0.4, 0.5) is 8.78 Å². The molecule has 6 rings (SSSR count). The van der Waals surface area contributed by atoms with Gasteiger partial charge < -0.3 is 20.4 Å². The van der Waals surface area contributed by atoms with E-state index in [9.17, 15) is 33.8 Å². The third-order valence-electron chi connectivity index (χ3n) is 9.09. The molecule has 204 valence electrons. The Balaban J connectivity index is 1.34. The molecule has 39 heavy (non-hydrogen) atoms. The minimum Gasteiger partial charge on any atom is -0.378 e. The molecule has 2 amide bonds. The molecule has 8 nitrogen and oxygen atoms in total. The van der Waals surface area contributed by atoms with Crippen LogP contribution in [-0.2, 0) is 15.2 Å². The molecule has 2 aromatic carbocycles. The lowest BCUT2D eigenvalue weighted by atomic mass is 9.88. The highest BCUT2D eigenvalue weighted by Crippen LogP contribution is 2.54. The summed E-state index contributed by atoms with van der Waals surface area (Å²) in [5.74, 6) is -6.85. The number of benzene rings is 2. The predicted molar refractivity (Wildman–Crippen MR) is 136 cm³/mol. The number of fused-ring (bicyclic) bond motifs is 4. The summed E-state index contributed by atoms with van der Waals surface area (Å²) in [6.45, 7) is 0.215. The Morgan fingerprint density at radius 3 is 2.36 bits per heavy atom. The average molecular weight is 537 g/mol. The topological polar surface area (TPSA) is 126 Å². The van der Waals surface area contributed by atoms with Gasteiger partial charge in [-0.2, -0.15) is 5.26 Å². The van der Waals surface area contributed by atoms with Gasteiger partial charge in [-0.25, -0.2) is 8.78 Å². The molecule has 10 heteroatoms. The number of aliphatic hydroxyl groups excluding tert-OH is 1. The number of hydrogen-bond acceptors (Lipinski definition) is 6. The molecule has 6 atom stereocenters. The van der Waals surface area contributed by atoms with Crippen molar-refractivity contribution in [3.05, 3.63) is 59.7 Å². The van der Waals surface area contributed by atoms with Crippen LogP contribution in [0.25, 0.3) is 11.1 Å². The number of carbonyl (C=O) groups excluding carboxylic acids is 2. The molecule has 1 unspecified atom stereocenters. The van der Waals surface area contributed by atoms with E-state index in [0.29, 0.717) is 35.2 Å². The Bertz CT molecular complexity index is 1320. The van der Waals surface area contributed by atoms with Crippen molar-refractivity contribution in [3.63, 3.8) is 0 Å². The lowest BCUT2D eigenvalue weighted by Gasteiger charge is -2.34. The molecule has 0 aromatic heterocycles. The number of alkyl halides is 2. The summed E-state index contributed by atoms with van der Waals surface area (Å²) in [7, 11) is 0. The van der Waals surface area contributed by atoms with Gasteiger partial charge in [0.1, 0.15) is 18.3 Å².